The van der Waals surface area contributed by atoms with Gasteiger partial charge < -0.3 is 4.90 Å². The topological polar surface area (TPSA) is 88.6 Å². The van der Waals surface area contributed by atoms with E-state index in [1.807, 2.05) is 30.3 Å². The Bertz CT molecular complexity index is 1340. The van der Waals surface area contributed by atoms with E-state index in [4.69, 9.17) is 0 Å². The van der Waals surface area contributed by atoms with Crippen molar-refractivity contribution in [2.45, 2.75) is 6.54 Å². The maximum atomic E-state index is 12.4. The van der Waals surface area contributed by atoms with Crippen molar-refractivity contribution < 1.29 is 0 Å². The molecule has 162 valence electrons. The lowest BCUT2D eigenvalue weighted by Gasteiger charge is -2.35. The number of fused-ring (bicyclic) bond motifs is 1. The molecule has 0 radical (unpaired) electrons. The van der Waals surface area contributed by atoms with Crippen molar-refractivity contribution in [2.24, 2.45) is 0 Å². The van der Waals surface area contributed by atoms with Crippen LogP contribution in [-0.4, -0.2) is 61.8 Å². The molecule has 5 rings (SSSR count). The van der Waals surface area contributed by atoms with Gasteiger partial charge in [0.15, 0.2) is 0 Å². The SMILES string of the molecule is O=c1ccc(-c2cccnc2)nn1CCN1CCN(c2cc(=O)n3ccccc3n2)CC1. The summed E-state index contributed by atoms with van der Waals surface area (Å²) in [5, 5.41) is 4.51. The van der Waals surface area contributed by atoms with Crippen molar-refractivity contribution in [1.82, 2.24) is 29.0 Å². The molecule has 1 saturated heterocycles. The zero-order valence-electron chi connectivity index (χ0n) is 17.5. The molecule has 1 fully saturated rings. The van der Waals surface area contributed by atoms with Gasteiger partial charge in [-0.1, -0.05) is 6.07 Å². The minimum atomic E-state index is -0.114. The first-order valence-corrected chi connectivity index (χ1v) is 10.6. The number of piperazine rings is 1. The number of nitrogens with zero attached hydrogens (tertiary/aromatic N) is 7. The molecular formula is C23H23N7O2. The Balaban J connectivity index is 1.23. The van der Waals surface area contributed by atoms with E-state index >= 15 is 0 Å². The number of aromatic nitrogens is 5. The van der Waals surface area contributed by atoms with Gasteiger partial charge in [-0.2, -0.15) is 5.10 Å². The van der Waals surface area contributed by atoms with Crippen molar-refractivity contribution in [1.29, 1.82) is 0 Å². The Hall–Kier alpha value is -3.85. The van der Waals surface area contributed by atoms with E-state index in [2.05, 4.69) is 24.9 Å². The van der Waals surface area contributed by atoms with Crippen molar-refractivity contribution in [3.05, 3.63) is 87.8 Å². The monoisotopic (exact) mass is 429 g/mol. The van der Waals surface area contributed by atoms with Crippen LogP contribution in [0, 0.1) is 0 Å². The highest BCUT2D eigenvalue weighted by Crippen LogP contribution is 2.14. The Morgan fingerprint density at radius 3 is 2.56 bits per heavy atom. The Labute approximate surface area is 184 Å². The zero-order chi connectivity index (χ0) is 21.9. The van der Waals surface area contributed by atoms with Gasteiger partial charge in [-0.25, -0.2) is 9.67 Å². The maximum absolute atomic E-state index is 12.4. The molecule has 0 unspecified atom stereocenters. The quantitative estimate of drug-likeness (QED) is 0.470. The Kier molecular flexibility index (Phi) is 5.47. The van der Waals surface area contributed by atoms with Crippen LogP contribution in [0.3, 0.4) is 0 Å². The normalized spacial score (nSPS) is 14.7. The van der Waals surface area contributed by atoms with E-state index < -0.39 is 0 Å². The number of hydrogen-bond acceptors (Lipinski definition) is 7. The molecule has 0 spiro atoms. The van der Waals surface area contributed by atoms with Crippen molar-refractivity contribution >= 4 is 11.5 Å². The smallest absolute Gasteiger partial charge is 0.266 e. The third kappa shape index (κ3) is 4.15. The molecule has 9 heteroatoms. The minimum absolute atomic E-state index is 0.0769. The van der Waals surface area contributed by atoms with Gasteiger partial charge >= 0.3 is 0 Å². The van der Waals surface area contributed by atoms with Crippen LogP contribution >= 0.6 is 0 Å². The average Bonchev–Trinajstić information content (AvgIpc) is 2.84. The second-order valence-electron chi connectivity index (χ2n) is 7.73. The molecule has 0 amide bonds. The van der Waals surface area contributed by atoms with Gasteiger partial charge in [-0.15, -0.1) is 0 Å². The van der Waals surface area contributed by atoms with E-state index in [0.29, 0.717) is 18.0 Å². The summed E-state index contributed by atoms with van der Waals surface area (Å²) in [7, 11) is 0. The summed E-state index contributed by atoms with van der Waals surface area (Å²) in [5.74, 6) is 0.711. The lowest BCUT2D eigenvalue weighted by molar-refractivity contribution is 0.242. The van der Waals surface area contributed by atoms with Gasteiger partial charge in [-0.05, 0) is 30.3 Å². The molecule has 0 atom stereocenters. The fourth-order valence-corrected chi connectivity index (χ4v) is 3.92. The number of anilines is 1. The molecule has 0 aliphatic carbocycles. The van der Waals surface area contributed by atoms with E-state index in [-0.39, 0.29) is 11.1 Å². The molecule has 0 bridgehead atoms. The van der Waals surface area contributed by atoms with Crippen LogP contribution in [0.4, 0.5) is 5.82 Å². The van der Waals surface area contributed by atoms with Gasteiger partial charge in [0.1, 0.15) is 11.5 Å². The first-order valence-electron chi connectivity index (χ1n) is 10.6. The molecule has 4 aromatic heterocycles. The Morgan fingerprint density at radius 2 is 1.75 bits per heavy atom. The van der Waals surface area contributed by atoms with E-state index in [1.54, 1.807) is 41.2 Å². The predicted octanol–water partition coefficient (Wildman–Crippen LogP) is 1.14. The van der Waals surface area contributed by atoms with Gasteiger partial charge in [0.05, 0.1) is 12.2 Å². The number of rotatable bonds is 5. The van der Waals surface area contributed by atoms with Crippen molar-refractivity contribution in [3.8, 4) is 11.3 Å². The van der Waals surface area contributed by atoms with Crippen molar-refractivity contribution in [2.75, 3.05) is 37.6 Å². The summed E-state index contributed by atoms with van der Waals surface area (Å²) >= 11 is 0. The second kappa shape index (κ2) is 8.72. The molecule has 9 nitrogen and oxygen atoms in total. The third-order valence-corrected chi connectivity index (χ3v) is 5.71. The van der Waals surface area contributed by atoms with E-state index in [9.17, 15) is 9.59 Å². The zero-order valence-corrected chi connectivity index (χ0v) is 17.5. The van der Waals surface area contributed by atoms with Gasteiger partial charge in [0.25, 0.3) is 11.1 Å². The van der Waals surface area contributed by atoms with Crippen LogP contribution in [0.2, 0.25) is 0 Å². The standard InChI is InChI=1S/C23H23N7O2/c31-22-7-6-19(18-4-3-8-24-17-18)26-30(22)15-12-27-10-13-28(14-11-27)21-16-23(32)29-9-2-1-5-20(29)25-21/h1-9,16-17H,10-15H2. The molecule has 0 saturated carbocycles. The lowest BCUT2D eigenvalue weighted by Crippen LogP contribution is -2.48. The van der Waals surface area contributed by atoms with Crippen LogP contribution in [-0.2, 0) is 6.54 Å². The highest BCUT2D eigenvalue weighted by Gasteiger charge is 2.19. The fourth-order valence-electron chi connectivity index (χ4n) is 3.92. The van der Waals surface area contributed by atoms with Crippen LogP contribution < -0.4 is 16.0 Å². The molecule has 32 heavy (non-hydrogen) atoms. The summed E-state index contributed by atoms with van der Waals surface area (Å²) in [6.45, 7) is 4.44. The van der Waals surface area contributed by atoms with Gasteiger partial charge in [-0.3, -0.25) is 23.9 Å². The second-order valence-corrected chi connectivity index (χ2v) is 7.73. The highest BCUT2D eigenvalue weighted by molar-refractivity contribution is 5.56. The molecule has 0 aromatic carbocycles. The van der Waals surface area contributed by atoms with Crippen LogP contribution in [0.1, 0.15) is 0 Å². The molecule has 5 heterocycles. The number of pyridine rings is 2. The first-order chi connectivity index (χ1) is 15.7. The summed E-state index contributed by atoms with van der Waals surface area (Å²) < 4.78 is 3.06. The third-order valence-electron chi connectivity index (χ3n) is 5.71. The summed E-state index contributed by atoms with van der Waals surface area (Å²) in [4.78, 5) is 37.8. The molecule has 4 aromatic rings. The van der Waals surface area contributed by atoms with E-state index in [1.165, 1.54) is 4.68 Å². The highest BCUT2D eigenvalue weighted by atomic mass is 16.1. The summed E-state index contributed by atoms with van der Waals surface area (Å²) in [6, 6.07) is 14.2. The van der Waals surface area contributed by atoms with E-state index in [0.717, 1.165) is 44.0 Å². The molecule has 1 aliphatic rings. The minimum Gasteiger partial charge on any atom is -0.354 e. The molecular weight excluding hydrogens is 406 g/mol. The fraction of sp³-hybridized carbons (Fsp3) is 0.261. The van der Waals surface area contributed by atoms with Crippen LogP contribution in [0.15, 0.2) is 76.7 Å². The predicted molar refractivity (Wildman–Crippen MR) is 122 cm³/mol. The van der Waals surface area contributed by atoms with Crippen LogP contribution in [0.25, 0.3) is 16.9 Å². The van der Waals surface area contributed by atoms with Crippen LogP contribution in [0.5, 0.6) is 0 Å². The Morgan fingerprint density at radius 1 is 0.875 bits per heavy atom. The molecule has 1 aliphatic heterocycles. The number of hydrogen-bond donors (Lipinski definition) is 0. The maximum Gasteiger partial charge on any atom is 0.266 e. The lowest BCUT2D eigenvalue weighted by atomic mass is 10.2. The summed E-state index contributed by atoms with van der Waals surface area (Å²) in [6.07, 6.45) is 5.18. The largest absolute Gasteiger partial charge is 0.354 e. The molecule has 0 N–H and O–H groups in total. The van der Waals surface area contributed by atoms with Gasteiger partial charge in [0, 0.05) is 69.0 Å². The average molecular weight is 429 g/mol. The summed E-state index contributed by atoms with van der Waals surface area (Å²) in [5.41, 5.74) is 2.07. The van der Waals surface area contributed by atoms with Crippen molar-refractivity contribution in [3.63, 3.8) is 0 Å². The first kappa shape index (κ1) is 20.1. The van der Waals surface area contributed by atoms with Gasteiger partial charge in [0.2, 0.25) is 0 Å².